The van der Waals surface area contributed by atoms with Crippen molar-refractivity contribution in [3.05, 3.63) is 33.9 Å². The molecule has 0 N–H and O–H groups in total. The number of hydroxylamine groups is 2. The molecule has 0 heterocycles. The smallest absolute Gasteiger partial charge is 0.442 e. The molecule has 1 aromatic rings. The zero-order valence-corrected chi connectivity index (χ0v) is 13.5. The largest absolute Gasteiger partial charge is 0.443 e. The van der Waals surface area contributed by atoms with Gasteiger partial charge in [-0.05, 0) is 33.8 Å². The first-order valence-corrected chi connectivity index (χ1v) is 6.89. The molecule has 0 aliphatic carbocycles. The number of benzene rings is 1. The molecule has 1 amide bonds. The minimum absolute atomic E-state index is 0.00669. The molecule has 0 atom stereocenters. The molecule has 1 rings (SSSR count). The maximum Gasteiger partial charge on any atom is 0.443 e. The van der Waals surface area contributed by atoms with E-state index in [0.717, 1.165) is 6.07 Å². The second-order valence-electron chi connectivity index (χ2n) is 5.70. The summed E-state index contributed by atoms with van der Waals surface area (Å²) >= 11 is 0. The molecular weight excluding hydrogens is 333 g/mol. The van der Waals surface area contributed by atoms with Crippen LogP contribution in [0.2, 0.25) is 0 Å². The zero-order valence-electron chi connectivity index (χ0n) is 13.5. The molecule has 0 fully saturated rings. The average molecular weight is 350 g/mol. The van der Waals surface area contributed by atoms with Crippen molar-refractivity contribution >= 4 is 11.8 Å². The van der Waals surface area contributed by atoms with E-state index in [1.165, 1.54) is 6.92 Å². The molecule has 0 spiro atoms. The highest BCUT2D eigenvalue weighted by Gasteiger charge is 2.39. The Morgan fingerprint density at radius 2 is 1.88 bits per heavy atom. The molecule has 0 unspecified atom stereocenters. The van der Waals surface area contributed by atoms with E-state index in [9.17, 15) is 28.1 Å². The summed E-state index contributed by atoms with van der Waals surface area (Å²) in [6, 6.07) is 2.10. The summed E-state index contributed by atoms with van der Waals surface area (Å²) in [6.07, 6.45) is -5.83. The number of ether oxygens (including phenoxy) is 1. The molecule has 7 nitrogen and oxygen atoms in total. The monoisotopic (exact) mass is 350 g/mol. The van der Waals surface area contributed by atoms with Gasteiger partial charge in [-0.3, -0.25) is 10.1 Å². The van der Waals surface area contributed by atoms with Crippen molar-refractivity contribution in [2.45, 2.75) is 39.5 Å². The Hall–Kier alpha value is -2.52. The fourth-order valence-corrected chi connectivity index (χ4v) is 1.63. The lowest BCUT2D eigenvalue weighted by Gasteiger charge is -2.26. The van der Waals surface area contributed by atoms with Gasteiger partial charge in [0.15, 0.2) is 5.75 Å². The van der Waals surface area contributed by atoms with Gasteiger partial charge in [0.25, 0.3) is 5.69 Å². The highest BCUT2D eigenvalue weighted by Crippen LogP contribution is 2.38. The standard InChI is InChI=1S/C14H17F3N2O5/c1-5-18(12(20)23-13(2,3)4)24-9-6-7-11(19(21)22)10(8-9)14(15,16)17/h6-8H,5H2,1-4H3. The topological polar surface area (TPSA) is 81.9 Å². The van der Waals surface area contributed by atoms with Crippen molar-refractivity contribution in [3.63, 3.8) is 0 Å². The Morgan fingerprint density at radius 3 is 2.29 bits per heavy atom. The summed E-state index contributed by atoms with van der Waals surface area (Å²) in [4.78, 5) is 26.5. The second-order valence-corrected chi connectivity index (χ2v) is 5.70. The van der Waals surface area contributed by atoms with Gasteiger partial charge in [-0.15, -0.1) is 5.06 Å². The van der Waals surface area contributed by atoms with Gasteiger partial charge in [0.2, 0.25) is 0 Å². The lowest BCUT2D eigenvalue weighted by Crippen LogP contribution is -2.38. The Kier molecular flexibility index (Phi) is 5.64. The molecule has 0 radical (unpaired) electrons. The van der Waals surface area contributed by atoms with Gasteiger partial charge >= 0.3 is 12.3 Å². The van der Waals surface area contributed by atoms with E-state index < -0.39 is 34.0 Å². The molecule has 24 heavy (non-hydrogen) atoms. The number of hydrogen-bond donors (Lipinski definition) is 0. The summed E-state index contributed by atoms with van der Waals surface area (Å²) in [5.74, 6) is -0.374. The fraction of sp³-hybridized carbons (Fsp3) is 0.500. The molecule has 10 heteroatoms. The van der Waals surface area contributed by atoms with Crippen LogP contribution in [-0.4, -0.2) is 28.2 Å². The maximum atomic E-state index is 12.9. The van der Waals surface area contributed by atoms with E-state index in [1.807, 2.05) is 0 Å². The predicted molar refractivity (Wildman–Crippen MR) is 77.3 cm³/mol. The van der Waals surface area contributed by atoms with Crippen LogP contribution in [0.5, 0.6) is 5.75 Å². The number of amides is 1. The summed E-state index contributed by atoms with van der Waals surface area (Å²) in [5, 5.41) is 11.4. The molecule has 0 aliphatic heterocycles. The third-order valence-electron chi connectivity index (χ3n) is 2.57. The van der Waals surface area contributed by atoms with Crippen molar-refractivity contribution in [2.75, 3.05) is 6.54 Å². The first kappa shape index (κ1) is 19.5. The molecular formula is C14H17F3N2O5. The third kappa shape index (κ3) is 5.28. The van der Waals surface area contributed by atoms with Crippen molar-refractivity contribution in [1.29, 1.82) is 0 Å². The lowest BCUT2D eigenvalue weighted by atomic mass is 10.1. The van der Waals surface area contributed by atoms with Crippen LogP contribution in [0.1, 0.15) is 33.3 Å². The van der Waals surface area contributed by atoms with E-state index >= 15 is 0 Å². The van der Waals surface area contributed by atoms with Crippen LogP contribution in [0.15, 0.2) is 18.2 Å². The zero-order chi connectivity index (χ0) is 18.7. The van der Waals surface area contributed by atoms with E-state index in [-0.39, 0.29) is 12.3 Å². The Morgan fingerprint density at radius 1 is 1.29 bits per heavy atom. The molecule has 134 valence electrons. The van der Waals surface area contributed by atoms with Crippen molar-refractivity contribution in [2.24, 2.45) is 0 Å². The molecule has 0 saturated carbocycles. The quantitative estimate of drug-likeness (QED) is 0.601. The number of rotatable bonds is 4. The van der Waals surface area contributed by atoms with Crippen LogP contribution >= 0.6 is 0 Å². The first-order valence-electron chi connectivity index (χ1n) is 6.89. The van der Waals surface area contributed by atoms with Crippen molar-refractivity contribution in [1.82, 2.24) is 5.06 Å². The number of nitro groups is 1. The number of alkyl halides is 3. The van der Waals surface area contributed by atoms with Gasteiger partial charge in [0.1, 0.15) is 11.2 Å². The number of hydrogen-bond acceptors (Lipinski definition) is 5. The highest BCUT2D eigenvalue weighted by atomic mass is 19.4. The molecule has 0 aliphatic rings. The van der Waals surface area contributed by atoms with Gasteiger partial charge in [-0.25, -0.2) is 4.79 Å². The molecule has 0 bridgehead atoms. The highest BCUT2D eigenvalue weighted by molar-refractivity contribution is 5.67. The summed E-state index contributed by atoms with van der Waals surface area (Å²) < 4.78 is 43.8. The molecule has 1 aromatic carbocycles. The molecule has 0 aromatic heterocycles. The summed E-state index contributed by atoms with van der Waals surface area (Å²) in [5.41, 5.74) is -3.39. The first-order chi connectivity index (χ1) is 10.8. The number of carbonyl (C=O) groups is 1. The van der Waals surface area contributed by atoms with E-state index in [0.29, 0.717) is 17.2 Å². The third-order valence-corrected chi connectivity index (χ3v) is 2.57. The number of nitrogens with zero attached hydrogens (tertiary/aromatic N) is 2. The van der Waals surface area contributed by atoms with Crippen LogP contribution in [0.3, 0.4) is 0 Å². The minimum atomic E-state index is -4.94. The van der Waals surface area contributed by atoms with E-state index in [4.69, 9.17) is 9.57 Å². The second kappa shape index (κ2) is 6.93. The lowest BCUT2D eigenvalue weighted by molar-refractivity contribution is -0.388. The van der Waals surface area contributed by atoms with E-state index in [2.05, 4.69) is 0 Å². The normalized spacial score (nSPS) is 11.8. The van der Waals surface area contributed by atoms with Crippen LogP contribution < -0.4 is 4.84 Å². The summed E-state index contributed by atoms with van der Waals surface area (Å²) in [7, 11) is 0. The van der Waals surface area contributed by atoms with Crippen LogP contribution in [-0.2, 0) is 10.9 Å². The average Bonchev–Trinajstić information content (AvgIpc) is 2.41. The number of nitro benzene ring substituents is 1. The number of carbonyl (C=O) groups excluding carboxylic acids is 1. The van der Waals surface area contributed by atoms with Crippen molar-refractivity contribution in [3.8, 4) is 5.75 Å². The van der Waals surface area contributed by atoms with Gasteiger partial charge < -0.3 is 9.57 Å². The Labute approximate surface area is 136 Å². The minimum Gasteiger partial charge on any atom is -0.442 e. The van der Waals surface area contributed by atoms with Crippen LogP contribution in [0.4, 0.5) is 23.7 Å². The van der Waals surface area contributed by atoms with Gasteiger partial charge in [-0.2, -0.15) is 13.2 Å². The van der Waals surface area contributed by atoms with E-state index in [1.54, 1.807) is 20.8 Å². The van der Waals surface area contributed by atoms with Gasteiger partial charge in [0, 0.05) is 12.1 Å². The van der Waals surface area contributed by atoms with Gasteiger partial charge in [0.05, 0.1) is 11.5 Å². The fourth-order valence-electron chi connectivity index (χ4n) is 1.63. The van der Waals surface area contributed by atoms with Gasteiger partial charge in [-0.1, -0.05) is 0 Å². The van der Waals surface area contributed by atoms with Crippen LogP contribution in [0.25, 0.3) is 0 Å². The Balaban J connectivity index is 3.10. The maximum absolute atomic E-state index is 12.9. The predicted octanol–water partition coefficient (Wildman–Crippen LogP) is 4.16. The SMILES string of the molecule is CCN(Oc1ccc([N+](=O)[O-])c(C(F)(F)F)c1)C(=O)OC(C)(C)C. The number of halogens is 3. The molecule has 0 saturated heterocycles. The Bertz CT molecular complexity index is 626. The summed E-state index contributed by atoms with van der Waals surface area (Å²) in [6.45, 7) is 6.37. The van der Waals surface area contributed by atoms with Crippen molar-refractivity contribution < 1.29 is 32.5 Å². The van der Waals surface area contributed by atoms with Crippen LogP contribution in [0, 0.1) is 10.1 Å².